The number of carbonyl (C=O) groups excluding carboxylic acids is 3. The maximum absolute atomic E-state index is 12.6. The van der Waals surface area contributed by atoms with Gasteiger partial charge in [-0.3, -0.25) is 14.4 Å². The van der Waals surface area contributed by atoms with E-state index in [2.05, 4.69) is 27.7 Å². The molecule has 0 aromatic rings. The molecular weight excluding hydrogens is 624 g/mol. The highest BCUT2D eigenvalue weighted by Crippen LogP contribution is 2.16. The van der Waals surface area contributed by atoms with Crippen molar-refractivity contribution in [2.45, 2.75) is 246 Å². The number of hydrogen-bond acceptors (Lipinski definition) is 6. The molecule has 296 valence electrons. The third-order valence-electron chi connectivity index (χ3n) is 10.2. The molecule has 6 heteroatoms. The largest absolute Gasteiger partial charge is 0.462 e. The summed E-state index contributed by atoms with van der Waals surface area (Å²) >= 11 is 0. The second kappa shape index (κ2) is 38.6. The van der Waals surface area contributed by atoms with E-state index in [1.54, 1.807) is 0 Å². The molecule has 0 spiro atoms. The number of hydrogen-bond donors (Lipinski definition) is 0. The molecule has 50 heavy (non-hydrogen) atoms. The summed E-state index contributed by atoms with van der Waals surface area (Å²) in [6.45, 7) is 8.96. The van der Waals surface area contributed by atoms with E-state index in [9.17, 15) is 14.4 Å². The second-order valence-electron chi connectivity index (χ2n) is 15.2. The quantitative estimate of drug-likeness (QED) is 0.0359. The number of rotatable bonds is 39. The highest BCUT2D eigenvalue weighted by atomic mass is 16.6. The van der Waals surface area contributed by atoms with Gasteiger partial charge in [0, 0.05) is 19.3 Å². The number of unbranched alkanes of at least 4 members (excludes halogenated alkanes) is 25. The Morgan fingerprint density at radius 3 is 1.04 bits per heavy atom. The lowest BCUT2D eigenvalue weighted by Gasteiger charge is -2.18. The van der Waals surface area contributed by atoms with Crippen LogP contribution in [0, 0.1) is 5.92 Å². The molecule has 0 bridgehead atoms. The molecule has 0 aliphatic heterocycles. The van der Waals surface area contributed by atoms with Gasteiger partial charge in [-0.1, -0.05) is 201 Å². The molecule has 0 heterocycles. The fraction of sp³-hybridized carbons (Fsp3) is 0.932. The predicted octanol–water partition coefficient (Wildman–Crippen LogP) is 13.6. The minimum absolute atomic E-state index is 0.0647. The Hall–Kier alpha value is -1.59. The van der Waals surface area contributed by atoms with Crippen LogP contribution in [0.5, 0.6) is 0 Å². The van der Waals surface area contributed by atoms with Crippen LogP contribution in [-0.4, -0.2) is 37.2 Å². The zero-order chi connectivity index (χ0) is 36.8. The van der Waals surface area contributed by atoms with E-state index in [0.29, 0.717) is 19.3 Å². The van der Waals surface area contributed by atoms with Crippen molar-refractivity contribution in [1.82, 2.24) is 0 Å². The van der Waals surface area contributed by atoms with E-state index < -0.39 is 6.10 Å². The van der Waals surface area contributed by atoms with Gasteiger partial charge in [0.1, 0.15) is 13.2 Å². The highest BCUT2D eigenvalue weighted by molar-refractivity contribution is 5.71. The Morgan fingerprint density at radius 2 is 0.700 bits per heavy atom. The maximum Gasteiger partial charge on any atom is 0.306 e. The van der Waals surface area contributed by atoms with Crippen LogP contribution in [0.25, 0.3) is 0 Å². The molecule has 1 unspecified atom stereocenters. The van der Waals surface area contributed by atoms with Gasteiger partial charge in [-0.25, -0.2) is 0 Å². The number of carbonyl (C=O) groups is 3. The summed E-state index contributed by atoms with van der Waals surface area (Å²) in [5.41, 5.74) is 0. The number of ether oxygens (including phenoxy) is 3. The van der Waals surface area contributed by atoms with Gasteiger partial charge < -0.3 is 14.2 Å². The van der Waals surface area contributed by atoms with E-state index in [1.807, 2.05) is 0 Å². The van der Waals surface area contributed by atoms with Crippen molar-refractivity contribution in [3.8, 4) is 0 Å². The Kier molecular flexibility index (Phi) is 37.4. The van der Waals surface area contributed by atoms with Crippen molar-refractivity contribution in [1.29, 1.82) is 0 Å². The van der Waals surface area contributed by atoms with Crippen LogP contribution in [0.3, 0.4) is 0 Å². The van der Waals surface area contributed by atoms with E-state index in [4.69, 9.17) is 14.2 Å². The van der Waals surface area contributed by atoms with Crippen molar-refractivity contribution >= 4 is 17.9 Å². The molecule has 0 amide bonds. The van der Waals surface area contributed by atoms with Crippen LogP contribution in [-0.2, 0) is 28.6 Å². The summed E-state index contributed by atoms with van der Waals surface area (Å²) in [6, 6.07) is 0. The zero-order valence-corrected chi connectivity index (χ0v) is 33.9. The Bertz CT molecular complexity index is 753. The molecule has 0 aromatic heterocycles. The molecular formula is C44H84O6. The lowest BCUT2D eigenvalue weighted by Crippen LogP contribution is -2.30. The first kappa shape index (κ1) is 48.4. The second-order valence-corrected chi connectivity index (χ2v) is 15.2. The summed E-state index contributed by atoms with van der Waals surface area (Å²) in [5, 5.41) is 0. The van der Waals surface area contributed by atoms with Crippen LogP contribution in [0.15, 0.2) is 0 Å². The normalized spacial score (nSPS) is 12.5. The van der Waals surface area contributed by atoms with Crippen LogP contribution in [0.1, 0.15) is 240 Å². The molecule has 0 aliphatic rings. The molecule has 2 atom stereocenters. The third-order valence-corrected chi connectivity index (χ3v) is 10.2. The topological polar surface area (TPSA) is 78.9 Å². The van der Waals surface area contributed by atoms with Gasteiger partial charge in [0.05, 0.1) is 0 Å². The summed E-state index contributed by atoms with van der Waals surface area (Å²) in [4.78, 5) is 37.5. The molecule has 6 nitrogen and oxygen atoms in total. The van der Waals surface area contributed by atoms with Gasteiger partial charge in [-0.05, 0) is 25.2 Å². The van der Waals surface area contributed by atoms with E-state index in [-0.39, 0.29) is 31.1 Å². The lowest BCUT2D eigenvalue weighted by molar-refractivity contribution is -0.167. The average molecular weight is 709 g/mol. The number of esters is 3. The van der Waals surface area contributed by atoms with Crippen molar-refractivity contribution < 1.29 is 28.6 Å². The van der Waals surface area contributed by atoms with Crippen LogP contribution >= 0.6 is 0 Å². The van der Waals surface area contributed by atoms with Crippen LogP contribution < -0.4 is 0 Å². The van der Waals surface area contributed by atoms with Gasteiger partial charge in [-0.15, -0.1) is 0 Å². The van der Waals surface area contributed by atoms with Gasteiger partial charge in [0.15, 0.2) is 6.10 Å². The summed E-state index contributed by atoms with van der Waals surface area (Å²) in [5.74, 6) is 0.00571. The first-order valence-corrected chi connectivity index (χ1v) is 21.9. The van der Waals surface area contributed by atoms with E-state index >= 15 is 0 Å². The predicted molar refractivity (Wildman–Crippen MR) is 210 cm³/mol. The molecule has 0 saturated carbocycles. The monoisotopic (exact) mass is 709 g/mol. The standard InChI is InChI=1S/C44H84O6/c1-5-8-10-12-14-15-16-20-24-27-31-35-42(45)48-38-41(50-44(47)37-33-29-22-13-11-9-6-2)39-49-43(46)36-32-28-25-21-18-17-19-23-26-30-34-40(4)7-3/h40-41H,5-39H2,1-4H3/t40?,41-/m1/s1. The Labute approximate surface area is 310 Å². The smallest absolute Gasteiger partial charge is 0.306 e. The Balaban J connectivity index is 4.26. The van der Waals surface area contributed by atoms with E-state index in [0.717, 1.165) is 63.7 Å². The highest BCUT2D eigenvalue weighted by Gasteiger charge is 2.19. The average Bonchev–Trinajstić information content (AvgIpc) is 3.11. The third kappa shape index (κ3) is 36.2. The Morgan fingerprint density at radius 1 is 0.400 bits per heavy atom. The van der Waals surface area contributed by atoms with Crippen molar-refractivity contribution in [2.24, 2.45) is 5.92 Å². The van der Waals surface area contributed by atoms with Gasteiger partial charge in [0.2, 0.25) is 0 Å². The SMILES string of the molecule is CCCCCCCCCCCCCC(=O)OC[C@H](COC(=O)CCCCCCCCCCCCC(C)CC)OC(=O)CCCCCCCCC. The van der Waals surface area contributed by atoms with Gasteiger partial charge >= 0.3 is 17.9 Å². The first-order valence-electron chi connectivity index (χ1n) is 21.9. The summed E-state index contributed by atoms with van der Waals surface area (Å²) in [6.07, 6.45) is 36.6. The zero-order valence-electron chi connectivity index (χ0n) is 33.9. The maximum atomic E-state index is 12.6. The van der Waals surface area contributed by atoms with Crippen molar-refractivity contribution in [2.75, 3.05) is 13.2 Å². The molecule has 0 rings (SSSR count). The molecule has 0 fully saturated rings. The van der Waals surface area contributed by atoms with Crippen LogP contribution in [0.2, 0.25) is 0 Å². The molecule has 0 radical (unpaired) electrons. The fourth-order valence-corrected chi connectivity index (χ4v) is 6.42. The fourth-order valence-electron chi connectivity index (χ4n) is 6.42. The van der Waals surface area contributed by atoms with Crippen molar-refractivity contribution in [3.63, 3.8) is 0 Å². The minimum Gasteiger partial charge on any atom is -0.462 e. The molecule has 0 N–H and O–H groups in total. The summed E-state index contributed by atoms with van der Waals surface area (Å²) in [7, 11) is 0. The molecule has 0 aliphatic carbocycles. The summed E-state index contributed by atoms with van der Waals surface area (Å²) < 4.78 is 16.6. The lowest BCUT2D eigenvalue weighted by atomic mass is 9.99. The van der Waals surface area contributed by atoms with Gasteiger partial charge in [-0.2, -0.15) is 0 Å². The van der Waals surface area contributed by atoms with Gasteiger partial charge in [0.25, 0.3) is 0 Å². The molecule has 0 saturated heterocycles. The minimum atomic E-state index is -0.757. The first-order chi connectivity index (χ1) is 24.4. The van der Waals surface area contributed by atoms with Crippen molar-refractivity contribution in [3.05, 3.63) is 0 Å². The molecule has 0 aromatic carbocycles. The van der Waals surface area contributed by atoms with E-state index in [1.165, 1.54) is 135 Å². The van der Waals surface area contributed by atoms with Crippen LogP contribution in [0.4, 0.5) is 0 Å².